The van der Waals surface area contributed by atoms with E-state index in [0.29, 0.717) is 11.3 Å². The third kappa shape index (κ3) is 3.58. The molecule has 0 amide bonds. The average molecular weight is 208 g/mol. The van der Waals surface area contributed by atoms with Crippen molar-refractivity contribution in [3.8, 4) is 11.8 Å². The largest absolute Gasteiger partial charge is 0.450 e. The number of carbonyl (C=O) groups is 1. The molecule has 0 saturated heterocycles. The maximum absolute atomic E-state index is 11.4. The van der Waals surface area contributed by atoms with Gasteiger partial charge in [0.05, 0.1) is 0 Å². The summed E-state index contributed by atoms with van der Waals surface area (Å²) in [4.78, 5) is 11.4. The summed E-state index contributed by atoms with van der Waals surface area (Å²) < 4.78 is 5.22. The maximum atomic E-state index is 11.4. The molecule has 0 aromatic carbocycles. The third-order valence-corrected chi connectivity index (χ3v) is 3.08. The summed E-state index contributed by atoms with van der Waals surface area (Å²) in [5.41, 5.74) is -0.0988. The summed E-state index contributed by atoms with van der Waals surface area (Å²) in [5.74, 6) is 5.52. The topological polar surface area (TPSA) is 26.3 Å². The fourth-order valence-corrected chi connectivity index (χ4v) is 1.21. The zero-order valence-electron chi connectivity index (χ0n) is 10.3. The lowest BCUT2D eigenvalue weighted by Crippen LogP contribution is -2.26. The van der Waals surface area contributed by atoms with Crippen molar-refractivity contribution in [2.45, 2.75) is 53.1 Å². The van der Waals surface area contributed by atoms with E-state index in [1.807, 2.05) is 20.8 Å². The summed E-state index contributed by atoms with van der Waals surface area (Å²) in [6.45, 7) is 10.1. The van der Waals surface area contributed by atoms with Crippen molar-refractivity contribution in [1.29, 1.82) is 0 Å². The molecular formula is C13H20O2. The van der Waals surface area contributed by atoms with E-state index >= 15 is 0 Å². The Morgan fingerprint density at radius 2 is 2.07 bits per heavy atom. The molecule has 0 heterocycles. The Labute approximate surface area is 92.4 Å². The summed E-state index contributed by atoms with van der Waals surface area (Å²) in [5, 5.41) is 0. The number of esters is 1. The van der Waals surface area contributed by atoms with Gasteiger partial charge in [0.25, 0.3) is 0 Å². The Hall–Kier alpha value is -0.970. The van der Waals surface area contributed by atoms with Crippen molar-refractivity contribution >= 4 is 5.97 Å². The lowest BCUT2D eigenvalue weighted by atomic mass is 10.1. The SMILES string of the molecule is CCC(C)(C)OC(=O)C#CC1CC1(C)C. The molecule has 0 aliphatic heterocycles. The van der Waals surface area contributed by atoms with Gasteiger partial charge in [0, 0.05) is 11.8 Å². The minimum Gasteiger partial charge on any atom is -0.450 e. The van der Waals surface area contributed by atoms with Crippen LogP contribution in [0.5, 0.6) is 0 Å². The first-order valence-corrected chi connectivity index (χ1v) is 5.51. The highest BCUT2D eigenvalue weighted by Crippen LogP contribution is 2.50. The van der Waals surface area contributed by atoms with Crippen LogP contribution in [0.2, 0.25) is 0 Å². The molecule has 1 aliphatic rings. The van der Waals surface area contributed by atoms with Crippen LogP contribution in [-0.4, -0.2) is 11.6 Å². The van der Waals surface area contributed by atoms with Gasteiger partial charge in [-0.15, -0.1) is 0 Å². The van der Waals surface area contributed by atoms with Crippen molar-refractivity contribution in [1.82, 2.24) is 0 Å². The molecule has 1 rings (SSSR count). The van der Waals surface area contributed by atoms with E-state index in [2.05, 4.69) is 25.7 Å². The number of ether oxygens (including phenoxy) is 1. The Morgan fingerprint density at radius 3 is 2.47 bits per heavy atom. The van der Waals surface area contributed by atoms with E-state index < -0.39 is 11.6 Å². The van der Waals surface area contributed by atoms with Crippen LogP contribution in [0.1, 0.15) is 47.5 Å². The second-order valence-electron chi connectivity index (χ2n) is 5.52. The quantitative estimate of drug-likeness (QED) is 0.396. The normalized spacial score (nSPS) is 22.6. The van der Waals surface area contributed by atoms with Gasteiger partial charge in [-0.1, -0.05) is 26.7 Å². The van der Waals surface area contributed by atoms with Crippen LogP contribution in [0.3, 0.4) is 0 Å². The predicted octanol–water partition coefficient (Wildman–Crippen LogP) is 2.77. The van der Waals surface area contributed by atoms with Crippen molar-refractivity contribution in [3.05, 3.63) is 0 Å². The van der Waals surface area contributed by atoms with Crippen LogP contribution < -0.4 is 0 Å². The first kappa shape index (κ1) is 12.1. The molecule has 15 heavy (non-hydrogen) atoms. The number of rotatable bonds is 2. The van der Waals surface area contributed by atoms with Gasteiger partial charge in [-0.25, -0.2) is 4.79 Å². The molecule has 1 aliphatic carbocycles. The molecule has 1 saturated carbocycles. The molecular weight excluding hydrogens is 188 g/mol. The maximum Gasteiger partial charge on any atom is 0.384 e. The van der Waals surface area contributed by atoms with Gasteiger partial charge in [0.15, 0.2) is 0 Å². The van der Waals surface area contributed by atoms with Gasteiger partial charge < -0.3 is 4.74 Å². The highest BCUT2D eigenvalue weighted by molar-refractivity contribution is 5.88. The lowest BCUT2D eigenvalue weighted by molar-refractivity contribution is -0.149. The molecule has 1 atom stereocenters. The van der Waals surface area contributed by atoms with E-state index in [1.54, 1.807) is 0 Å². The van der Waals surface area contributed by atoms with Gasteiger partial charge in [0.1, 0.15) is 5.60 Å². The first-order valence-electron chi connectivity index (χ1n) is 5.51. The molecule has 0 N–H and O–H groups in total. The minimum absolute atomic E-state index is 0.299. The van der Waals surface area contributed by atoms with Gasteiger partial charge in [0.2, 0.25) is 0 Å². The van der Waals surface area contributed by atoms with Crippen LogP contribution >= 0.6 is 0 Å². The smallest absolute Gasteiger partial charge is 0.384 e. The van der Waals surface area contributed by atoms with Crippen molar-refractivity contribution in [3.63, 3.8) is 0 Å². The number of hydrogen-bond donors (Lipinski definition) is 0. The Kier molecular flexibility index (Phi) is 3.13. The molecule has 2 heteroatoms. The standard InChI is InChI=1S/C13H20O2/c1-6-13(4,5)15-11(14)8-7-10-9-12(10,2)3/h10H,6,9H2,1-5H3. The molecule has 0 spiro atoms. The molecule has 0 aromatic rings. The number of hydrogen-bond acceptors (Lipinski definition) is 2. The molecule has 0 aromatic heterocycles. The average Bonchev–Trinajstić information content (AvgIpc) is 2.70. The summed E-state index contributed by atoms with van der Waals surface area (Å²) in [7, 11) is 0. The van der Waals surface area contributed by atoms with Crippen LogP contribution in [0, 0.1) is 23.2 Å². The molecule has 0 radical (unpaired) electrons. The summed E-state index contributed by atoms with van der Waals surface area (Å²) in [6.07, 6.45) is 1.89. The van der Waals surface area contributed by atoms with E-state index in [-0.39, 0.29) is 0 Å². The first-order chi connectivity index (χ1) is 6.77. The summed E-state index contributed by atoms with van der Waals surface area (Å²) in [6, 6.07) is 0. The predicted molar refractivity (Wildman–Crippen MR) is 60.1 cm³/mol. The van der Waals surface area contributed by atoms with Gasteiger partial charge in [-0.3, -0.25) is 0 Å². The Morgan fingerprint density at radius 1 is 1.53 bits per heavy atom. The Balaban J connectivity index is 2.44. The zero-order valence-corrected chi connectivity index (χ0v) is 10.3. The fourth-order valence-electron chi connectivity index (χ4n) is 1.21. The monoisotopic (exact) mass is 208 g/mol. The van der Waals surface area contributed by atoms with E-state index in [4.69, 9.17) is 4.74 Å². The highest BCUT2D eigenvalue weighted by atomic mass is 16.6. The Bertz CT molecular complexity index is 315. The van der Waals surface area contributed by atoms with Crippen LogP contribution in [0.15, 0.2) is 0 Å². The molecule has 0 bridgehead atoms. The third-order valence-electron chi connectivity index (χ3n) is 3.08. The van der Waals surface area contributed by atoms with E-state index in [1.165, 1.54) is 0 Å². The minimum atomic E-state index is -0.399. The molecule has 1 fully saturated rings. The fraction of sp³-hybridized carbons (Fsp3) is 0.769. The molecule has 1 unspecified atom stereocenters. The molecule has 2 nitrogen and oxygen atoms in total. The molecule has 84 valence electrons. The van der Waals surface area contributed by atoms with Gasteiger partial charge in [-0.2, -0.15) is 0 Å². The zero-order chi connectivity index (χ0) is 11.7. The van der Waals surface area contributed by atoms with E-state index in [0.717, 1.165) is 12.8 Å². The van der Waals surface area contributed by atoms with Crippen molar-refractivity contribution in [2.24, 2.45) is 11.3 Å². The van der Waals surface area contributed by atoms with Crippen LogP contribution in [0.4, 0.5) is 0 Å². The van der Waals surface area contributed by atoms with Crippen LogP contribution in [-0.2, 0) is 9.53 Å². The van der Waals surface area contributed by atoms with Crippen molar-refractivity contribution < 1.29 is 9.53 Å². The van der Waals surface area contributed by atoms with Crippen LogP contribution in [0.25, 0.3) is 0 Å². The second-order valence-corrected chi connectivity index (χ2v) is 5.52. The van der Waals surface area contributed by atoms with Gasteiger partial charge in [-0.05, 0) is 32.1 Å². The lowest BCUT2D eigenvalue weighted by Gasteiger charge is -2.21. The van der Waals surface area contributed by atoms with E-state index in [9.17, 15) is 4.79 Å². The highest BCUT2D eigenvalue weighted by Gasteiger charge is 2.44. The summed E-state index contributed by atoms with van der Waals surface area (Å²) >= 11 is 0. The van der Waals surface area contributed by atoms with Gasteiger partial charge >= 0.3 is 5.97 Å². The number of carbonyl (C=O) groups excluding carboxylic acids is 1. The van der Waals surface area contributed by atoms with Crippen molar-refractivity contribution in [2.75, 3.05) is 0 Å². The second kappa shape index (κ2) is 3.89.